The minimum Gasteiger partial charge on any atom is -0.392 e. The van der Waals surface area contributed by atoms with E-state index in [9.17, 15) is 5.11 Å². The van der Waals surface area contributed by atoms with Crippen molar-refractivity contribution in [1.29, 1.82) is 0 Å². The number of aromatic nitrogens is 1. The average molecular weight is 270 g/mol. The summed E-state index contributed by atoms with van der Waals surface area (Å²) < 4.78 is 0. The van der Waals surface area contributed by atoms with E-state index in [1.807, 2.05) is 13.0 Å². The monoisotopic (exact) mass is 270 g/mol. The number of benzene rings is 1. The summed E-state index contributed by atoms with van der Waals surface area (Å²) in [4.78, 5) is 4.52. The Balaban J connectivity index is 1.71. The van der Waals surface area contributed by atoms with Crippen molar-refractivity contribution in [2.45, 2.75) is 45.9 Å². The minimum atomic E-state index is -0.177. The average Bonchev–Trinajstić information content (AvgIpc) is 2.43. The van der Waals surface area contributed by atoms with Crippen molar-refractivity contribution in [1.82, 2.24) is 10.3 Å². The Morgan fingerprint density at radius 3 is 2.80 bits per heavy atom. The zero-order chi connectivity index (χ0) is 14.3. The minimum absolute atomic E-state index is 0.0183. The predicted molar refractivity (Wildman–Crippen MR) is 81.5 cm³/mol. The van der Waals surface area contributed by atoms with Crippen LogP contribution in [-0.4, -0.2) is 22.2 Å². The highest BCUT2D eigenvalue weighted by atomic mass is 16.3. The Bertz CT molecular complexity index is 636. The molecule has 1 saturated carbocycles. The summed E-state index contributed by atoms with van der Waals surface area (Å²) >= 11 is 0. The van der Waals surface area contributed by atoms with Crippen molar-refractivity contribution in [2.24, 2.45) is 5.41 Å². The summed E-state index contributed by atoms with van der Waals surface area (Å²) in [6.07, 6.45) is 0.671. The van der Waals surface area contributed by atoms with Crippen LogP contribution in [0.2, 0.25) is 0 Å². The summed E-state index contributed by atoms with van der Waals surface area (Å²) in [6, 6.07) is 11.0. The van der Waals surface area contributed by atoms with Crippen LogP contribution < -0.4 is 5.32 Å². The molecule has 1 aliphatic carbocycles. The molecule has 0 radical (unpaired) electrons. The standard InChI is InChI=1S/C17H22N2O/c1-11-4-6-13-8-12(5-7-14(13)19-11)10-18-15-9-16(20)17(15,2)3/h4-8,15-16,18,20H,9-10H2,1-3H3. The molecule has 2 unspecified atom stereocenters. The molecule has 2 atom stereocenters. The molecule has 1 heterocycles. The smallest absolute Gasteiger partial charge is 0.0705 e. The zero-order valence-corrected chi connectivity index (χ0v) is 12.4. The van der Waals surface area contributed by atoms with Gasteiger partial charge in [-0.15, -0.1) is 0 Å². The molecule has 106 valence electrons. The van der Waals surface area contributed by atoms with Crippen LogP contribution in [-0.2, 0) is 6.54 Å². The summed E-state index contributed by atoms with van der Waals surface area (Å²) in [5.41, 5.74) is 3.34. The molecule has 2 aromatic rings. The molecule has 1 aliphatic rings. The van der Waals surface area contributed by atoms with Gasteiger partial charge in [0.2, 0.25) is 0 Å². The first kappa shape index (κ1) is 13.5. The summed E-state index contributed by atoms with van der Waals surface area (Å²) in [7, 11) is 0. The van der Waals surface area contributed by atoms with Crippen LogP contribution in [0.5, 0.6) is 0 Å². The Labute approximate surface area is 120 Å². The number of pyridine rings is 1. The maximum Gasteiger partial charge on any atom is 0.0705 e. The van der Waals surface area contributed by atoms with E-state index < -0.39 is 0 Å². The van der Waals surface area contributed by atoms with E-state index in [0.717, 1.165) is 24.2 Å². The fraction of sp³-hybridized carbons (Fsp3) is 0.471. The quantitative estimate of drug-likeness (QED) is 0.901. The molecule has 0 spiro atoms. The van der Waals surface area contributed by atoms with E-state index in [0.29, 0.717) is 6.04 Å². The number of nitrogens with zero attached hydrogens (tertiary/aromatic N) is 1. The Morgan fingerprint density at radius 1 is 1.30 bits per heavy atom. The number of rotatable bonds is 3. The lowest BCUT2D eigenvalue weighted by atomic mass is 9.64. The van der Waals surface area contributed by atoms with Gasteiger partial charge >= 0.3 is 0 Å². The lowest BCUT2D eigenvalue weighted by Crippen LogP contribution is -2.59. The van der Waals surface area contributed by atoms with Gasteiger partial charge in [-0.25, -0.2) is 0 Å². The van der Waals surface area contributed by atoms with Gasteiger partial charge in [0.25, 0.3) is 0 Å². The number of aliphatic hydroxyl groups is 1. The SMILES string of the molecule is Cc1ccc2cc(CNC3CC(O)C3(C)C)ccc2n1. The number of aliphatic hydroxyl groups excluding tert-OH is 1. The third kappa shape index (κ3) is 2.32. The van der Waals surface area contributed by atoms with Crippen LogP contribution in [0.1, 0.15) is 31.5 Å². The van der Waals surface area contributed by atoms with Crippen LogP contribution in [0.25, 0.3) is 10.9 Å². The van der Waals surface area contributed by atoms with Gasteiger partial charge in [0.05, 0.1) is 11.6 Å². The molecule has 1 aromatic heterocycles. The Hall–Kier alpha value is -1.45. The zero-order valence-electron chi connectivity index (χ0n) is 12.4. The molecule has 3 heteroatoms. The fourth-order valence-electron chi connectivity index (χ4n) is 2.88. The second-order valence-corrected chi connectivity index (χ2v) is 6.49. The second-order valence-electron chi connectivity index (χ2n) is 6.49. The van der Waals surface area contributed by atoms with Crippen LogP contribution in [0.4, 0.5) is 0 Å². The number of nitrogens with one attached hydrogen (secondary N) is 1. The van der Waals surface area contributed by atoms with Crippen molar-refractivity contribution in [3.05, 3.63) is 41.6 Å². The van der Waals surface area contributed by atoms with E-state index in [1.165, 1.54) is 10.9 Å². The molecular weight excluding hydrogens is 248 g/mol. The highest BCUT2D eigenvalue weighted by Crippen LogP contribution is 2.40. The first-order valence-electron chi connectivity index (χ1n) is 7.24. The molecule has 0 bridgehead atoms. The lowest BCUT2D eigenvalue weighted by Gasteiger charge is -2.49. The third-order valence-electron chi connectivity index (χ3n) is 4.66. The molecule has 3 nitrogen and oxygen atoms in total. The first-order valence-corrected chi connectivity index (χ1v) is 7.24. The highest BCUT2D eigenvalue weighted by molar-refractivity contribution is 5.79. The van der Waals surface area contributed by atoms with Crippen LogP contribution >= 0.6 is 0 Å². The van der Waals surface area contributed by atoms with Gasteiger partial charge in [-0.1, -0.05) is 26.0 Å². The topological polar surface area (TPSA) is 45.1 Å². The predicted octanol–water partition coefficient (Wildman–Crippen LogP) is 2.79. The van der Waals surface area contributed by atoms with Crippen LogP contribution in [0.15, 0.2) is 30.3 Å². The highest BCUT2D eigenvalue weighted by Gasteiger charge is 2.46. The maximum atomic E-state index is 9.76. The molecule has 2 N–H and O–H groups in total. The van der Waals surface area contributed by atoms with Gasteiger partial charge in [0.1, 0.15) is 0 Å². The molecule has 0 aliphatic heterocycles. The van der Waals surface area contributed by atoms with Crippen molar-refractivity contribution in [2.75, 3.05) is 0 Å². The lowest BCUT2D eigenvalue weighted by molar-refractivity contribution is -0.0729. The maximum absolute atomic E-state index is 9.76. The number of aryl methyl sites for hydroxylation is 1. The van der Waals surface area contributed by atoms with Gasteiger partial charge in [-0.2, -0.15) is 0 Å². The summed E-state index contributed by atoms with van der Waals surface area (Å²) in [5.74, 6) is 0. The second kappa shape index (κ2) is 4.83. The number of hydrogen-bond acceptors (Lipinski definition) is 3. The molecule has 0 saturated heterocycles. The summed E-state index contributed by atoms with van der Waals surface area (Å²) in [6.45, 7) is 7.08. The van der Waals surface area contributed by atoms with Gasteiger partial charge in [0, 0.05) is 29.1 Å². The van der Waals surface area contributed by atoms with Crippen molar-refractivity contribution >= 4 is 10.9 Å². The number of hydrogen-bond donors (Lipinski definition) is 2. The summed E-state index contributed by atoms with van der Waals surface area (Å²) in [5, 5.41) is 14.5. The Morgan fingerprint density at radius 2 is 2.10 bits per heavy atom. The Kier molecular flexibility index (Phi) is 3.27. The first-order chi connectivity index (χ1) is 9.46. The van der Waals surface area contributed by atoms with Gasteiger partial charge in [0.15, 0.2) is 0 Å². The largest absolute Gasteiger partial charge is 0.392 e. The van der Waals surface area contributed by atoms with E-state index in [-0.39, 0.29) is 11.5 Å². The van der Waals surface area contributed by atoms with E-state index in [2.05, 4.69) is 48.4 Å². The normalized spacial score (nSPS) is 24.6. The van der Waals surface area contributed by atoms with E-state index in [4.69, 9.17) is 0 Å². The van der Waals surface area contributed by atoms with Crippen molar-refractivity contribution in [3.8, 4) is 0 Å². The van der Waals surface area contributed by atoms with Crippen molar-refractivity contribution < 1.29 is 5.11 Å². The van der Waals surface area contributed by atoms with Crippen LogP contribution in [0.3, 0.4) is 0 Å². The molecular formula is C17H22N2O. The molecule has 1 aromatic carbocycles. The molecule has 20 heavy (non-hydrogen) atoms. The van der Waals surface area contributed by atoms with Crippen LogP contribution in [0, 0.1) is 12.3 Å². The van der Waals surface area contributed by atoms with Crippen molar-refractivity contribution in [3.63, 3.8) is 0 Å². The van der Waals surface area contributed by atoms with Gasteiger partial charge in [-0.05, 0) is 37.1 Å². The third-order valence-corrected chi connectivity index (χ3v) is 4.66. The molecule has 3 rings (SSSR count). The van der Waals surface area contributed by atoms with E-state index >= 15 is 0 Å². The molecule has 0 amide bonds. The van der Waals surface area contributed by atoms with E-state index in [1.54, 1.807) is 0 Å². The van der Waals surface area contributed by atoms with Gasteiger partial charge in [-0.3, -0.25) is 4.98 Å². The molecule has 1 fully saturated rings. The van der Waals surface area contributed by atoms with Gasteiger partial charge < -0.3 is 10.4 Å². The number of fused-ring (bicyclic) bond motifs is 1. The fourth-order valence-corrected chi connectivity index (χ4v) is 2.88.